The Morgan fingerprint density at radius 1 is 1.42 bits per heavy atom. The van der Waals surface area contributed by atoms with E-state index in [2.05, 4.69) is 4.74 Å². The molecule has 72 valence electrons. The number of hydrogen-bond acceptors (Lipinski definition) is 3. The highest BCUT2D eigenvalue weighted by molar-refractivity contribution is 5.69. The van der Waals surface area contributed by atoms with Crippen LogP contribution < -0.4 is 0 Å². The predicted molar refractivity (Wildman–Crippen MR) is 46.8 cm³/mol. The van der Waals surface area contributed by atoms with E-state index in [1.54, 1.807) is 0 Å². The standard InChI is InChI=1S/C6H12O3.C3H6/c1-2-3-6(8)9-5-4-7;1-2-3-1/h7H,2-5H2,1H3;1-3H2. The molecule has 1 N–H and O–H groups in total. The number of esters is 1. The van der Waals surface area contributed by atoms with E-state index < -0.39 is 0 Å². The molecule has 12 heavy (non-hydrogen) atoms. The molecule has 0 spiro atoms. The van der Waals surface area contributed by atoms with Gasteiger partial charge >= 0.3 is 5.97 Å². The fraction of sp³-hybridized carbons (Fsp3) is 0.889. The monoisotopic (exact) mass is 174 g/mol. The van der Waals surface area contributed by atoms with Crippen LogP contribution in [0.25, 0.3) is 0 Å². The van der Waals surface area contributed by atoms with Crippen molar-refractivity contribution in [2.24, 2.45) is 0 Å². The maximum Gasteiger partial charge on any atom is 0.305 e. The number of rotatable bonds is 4. The Morgan fingerprint density at radius 3 is 2.33 bits per heavy atom. The minimum atomic E-state index is -0.230. The minimum absolute atomic E-state index is 0.0878. The second-order valence-corrected chi connectivity index (χ2v) is 2.75. The Balaban J connectivity index is 0.000000330. The predicted octanol–water partition coefficient (Wildman–Crippen LogP) is 1.49. The van der Waals surface area contributed by atoms with Gasteiger partial charge in [-0.1, -0.05) is 26.2 Å². The quantitative estimate of drug-likeness (QED) is 0.657. The van der Waals surface area contributed by atoms with Crippen LogP contribution in [0.5, 0.6) is 0 Å². The van der Waals surface area contributed by atoms with Crippen molar-refractivity contribution in [3.05, 3.63) is 0 Å². The fourth-order valence-corrected chi connectivity index (χ4v) is 0.436. The highest BCUT2D eigenvalue weighted by Gasteiger charge is 1.97. The summed E-state index contributed by atoms with van der Waals surface area (Å²) in [4.78, 5) is 10.5. The van der Waals surface area contributed by atoms with E-state index in [1.807, 2.05) is 6.92 Å². The van der Waals surface area contributed by atoms with Crippen LogP contribution in [-0.4, -0.2) is 24.3 Å². The molecule has 1 saturated carbocycles. The van der Waals surface area contributed by atoms with Crippen molar-refractivity contribution >= 4 is 5.97 Å². The zero-order valence-electron chi connectivity index (χ0n) is 7.71. The van der Waals surface area contributed by atoms with Crippen LogP contribution in [-0.2, 0) is 9.53 Å². The number of carbonyl (C=O) groups is 1. The average molecular weight is 174 g/mol. The first-order valence-electron chi connectivity index (χ1n) is 4.57. The summed E-state index contributed by atoms with van der Waals surface area (Å²) < 4.78 is 4.54. The van der Waals surface area contributed by atoms with Crippen molar-refractivity contribution in [3.8, 4) is 0 Å². The van der Waals surface area contributed by atoms with Gasteiger partial charge in [0.15, 0.2) is 0 Å². The van der Waals surface area contributed by atoms with Gasteiger partial charge in [0.05, 0.1) is 6.61 Å². The zero-order chi connectivity index (χ0) is 9.23. The molecular weight excluding hydrogens is 156 g/mol. The van der Waals surface area contributed by atoms with E-state index in [9.17, 15) is 4.79 Å². The van der Waals surface area contributed by atoms with Crippen molar-refractivity contribution in [1.82, 2.24) is 0 Å². The molecule has 3 heteroatoms. The minimum Gasteiger partial charge on any atom is -0.463 e. The van der Waals surface area contributed by atoms with E-state index in [4.69, 9.17) is 5.11 Å². The maximum atomic E-state index is 10.5. The normalized spacial score (nSPS) is 12.8. The first-order valence-corrected chi connectivity index (χ1v) is 4.57. The van der Waals surface area contributed by atoms with E-state index in [0.29, 0.717) is 6.42 Å². The van der Waals surface area contributed by atoms with Crippen molar-refractivity contribution in [3.63, 3.8) is 0 Å². The highest BCUT2D eigenvalue weighted by atomic mass is 16.5. The summed E-state index contributed by atoms with van der Waals surface area (Å²) in [6.45, 7) is 1.94. The van der Waals surface area contributed by atoms with E-state index in [1.165, 1.54) is 19.3 Å². The molecule has 0 aromatic rings. The Morgan fingerprint density at radius 2 is 2.00 bits per heavy atom. The molecule has 0 aliphatic heterocycles. The van der Waals surface area contributed by atoms with Gasteiger partial charge in [-0.3, -0.25) is 4.79 Å². The molecule has 0 radical (unpaired) electrons. The molecule has 1 rings (SSSR count). The zero-order valence-corrected chi connectivity index (χ0v) is 7.71. The summed E-state index contributed by atoms with van der Waals surface area (Å²) in [7, 11) is 0. The van der Waals surface area contributed by atoms with Gasteiger partial charge in [-0.25, -0.2) is 0 Å². The second kappa shape index (κ2) is 8.53. The van der Waals surface area contributed by atoms with E-state index in [0.717, 1.165) is 6.42 Å². The van der Waals surface area contributed by atoms with Gasteiger partial charge in [-0.2, -0.15) is 0 Å². The number of aliphatic hydroxyl groups excluding tert-OH is 1. The molecule has 0 unspecified atom stereocenters. The molecule has 0 bridgehead atoms. The van der Waals surface area contributed by atoms with Gasteiger partial charge in [0.25, 0.3) is 0 Å². The lowest BCUT2D eigenvalue weighted by atomic mass is 10.3. The Kier molecular flexibility index (Phi) is 8.12. The lowest BCUT2D eigenvalue weighted by Gasteiger charge is -1.98. The summed E-state index contributed by atoms with van der Waals surface area (Å²) in [5.74, 6) is -0.230. The molecule has 0 atom stereocenters. The van der Waals surface area contributed by atoms with Crippen molar-refractivity contribution in [2.75, 3.05) is 13.2 Å². The third-order valence-corrected chi connectivity index (χ3v) is 1.16. The van der Waals surface area contributed by atoms with Crippen molar-refractivity contribution in [2.45, 2.75) is 39.0 Å². The number of carbonyl (C=O) groups excluding carboxylic acids is 1. The van der Waals surface area contributed by atoms with Crippen molar-refractivity contribution < 1.29 is 14.6 Å². The molecule has 1 aliphatic carbocycles. The first-order chi connectivity index (χ1) is 5.81. The van der Waals surface area contributed by atoms with Gasteiger partial charge in [0.1, 0.15) is 6.61 Å². The molecule has 0 heterocycles. The third-order valence-electron chi connectivity index (χ3n) is 1.16. The van der Waals surface area contributed by atoms with Gasteiger partial charge in [-0.15, -0.1) is 0 Å². The van der Waals surface area contributed by atoms with Gasteiger partial charge < -0.3 is 9.84 Å². The SMILES string of the molecule is C1CC1.CCCC(=O)OCCO. The maximum absolute atomic E-state index is 10.5. The lowest BCUT2D eigenvalue weighted by Crippen LogP contribution is -2.07. The molecule has 1 fully saturated rings. The molecule has 1 aliphatic rings. The summed E-state index contributed by atoms with van der Waals surface area (Å²) in [5.41, 5.74) is 0. The lowest BCUT2D eigenvalue weighted by molar-refractivity contribution is -0.144. The average Bonchev–Trinajstić information content (AvgIpc) is 2.87. The number of ether oxygens (including phenoxy) is 1. The van der Waals surface area contributed by atoms with Crippen LogP contribution in [0, 0.1) is 0 Å². The van der Waals surface area contributed by atoms with Crippen LogP contribution in [0.1, 0.15) is 39.0 Å². The number of hydrogen-bond donors (Lipinski definition) is 1. The smallest absolute Gasteiger partial charge is 0.305 e. The van der Waals surface area contributed by atoms with Crippen LogP contribution in [0.15, 0.2) is 0 Å². The van der Waals surface area contributed by atoms with Crippen LogP contribution in [0.4, 0.5) is 0 Å². The first kappa shape index (κ1) is 11.4. The summed E-state index contributed by atoms with van der Waals surface area (Å²) in [5, 5.41) is 8.21. The fourth-order valence-electron chi connectivity index (χ4n) is 0.436. The highest BCUT2D eigenvalue weighted by Crippen LogP contribution is 2.14. The third kappa shape index (κ3) is 12.1. The molecular formula is C9H18O3. The molecule has 0 saturated heterocycles. The summed E-state index contributed by atoms with van der Waals surface area (Å²) in [6.07, 6.45) is 5.74. The second-order valence-electron chi connectivity index (χ2n) is 2.75. The van der Waals surface area contributed by atoms with Gasteiger partial charge in [0.2, 0.25) is 0 Å². The van der Waals surface area contributed by atoms with Gasteiger partial charge in [0, 0.05) is 6.42 Å². The van der Waals surface area contributed by atoms with Crippen LogP contribution >= 0.6 is 0 Å². The van der Waals surface area contributed by atoms with Gasteiger partial charge in [-0.05, 0) is 6.42 Å². The summed E-state index contributed by atoms with van der Waals surface area (Å²) in [6, 6.07) is 0. The Bertz CT molecular complexity index is 108. The van der Waals surface area contributed by atoms with E-state index >= 15 is 0 Å². The topological polar surface area (TPSA) is 46.5 Å². The van der Waals surface area contributed by atoms with E-state index in [-0.39, 0.29) is 19.2 Å². The van der Waals surface area contributed by atoms with Crippen LogP contribution in [0.2, 0.25) is 0 Å². The molecule has 0 aromatic heterocycles. The molecule has 3 nitrogen and oxygen atoms in total. The Hall–Kier alpha value is -0.570. The Labute approximate surface area is 73.7 Å². The van der Waals surface area contributed by atoms with Crippen LogP contribution in [0.3, 0.4) is 0 Å². The molecule has 0 aromatic carbocycles. The summed E-state index contributed by atoms with van der Waals surface area (Å²) >= 11 is 0. The molecule has 0 amide bonds. The van der Waals surface area contributed by atoms with Crippen molar-refractivity contribution in [1.29, 1.82) is 0 Å². The number of aliphatic hydroxyl groups is 1. The largest absolute Gasteiger partial charge is 0.463 e.